The number of benzene rings is 1. The summed E-state index contributed by atoms with van der Waals surface area (Å²) in [7, 11) is 1.48. The van der Waals surface area contributed by atoms with Crippen molar-refractivity contribution in [3.63, 3.8) is 0 Å². The molecule has 4 N–H and O–H groups in total. The number of hydrogen-bond donors (Lipinski definition) is 3. The first-order valence-electron chi connectivity index (χ1n) is 11.3. The molecule has 1 amide bonds. The van der Waals surface area contributed by atoms with Crippen LogP contribution >= 0.6 is 0 Å². The van der Waals surface area contributed by atoms with E-state index in [2.05, 4.69) is 10.3 Å². The van der Waals surface area contributed by atoms with Crippen LogP contribution in [0.5, 0.6) is 0 Å². The van der Waals surface area contributed by atoms with Gasteiger partial charge in [0.05, 0.1) is 19.8 Å². The topological polar surface area (TPSA) is 149 Å². The highest BCUT2D eigenvalue weighted by Gasteiger charge is 2.24. The average Bonchev–Trinajstić information content (AvgIpc) is 2.81. The highest BCUT2D eigenvalue weighted by molar-refractivity contribution is 5.98. The summed E-state index contributed by atoms with van der Waals surface area (Å²) < 4.78 is 11.2. The molecule has 0 radical (unpaired) electrons. The number of nitrogens with two attached hydrogens (primary N) is 1. The Morgan fingerprint density at radius 1 is 1.23 bits per heavy atom. The van der Waals surface area contributed by atoms with Crippen LogP contribution in [0.25, 0.3) is 6.08 Å². The predicted octanol–water partition coefficient (Wildman–Crippen LogP) is 1.44. The van der Waals surface area contributed by atoms with E-state index < -0.39 is 23.1 Å². The Kier molecular flexibility index (Phi) is 10.3. The number of esters is 1. The minimum atomic E-state index is -0.741. The molecule has 1 heterocycles. The summed E-state index contributed by atoms with van der Waals surface area (Å²) in [5.74, 6) is -0.839. The Morgan fingerprint density at radius 2 is 1.91 bits per heavy atom. The molecular weight excluding hydrogens is 454 g/mol. The van der Waals surface area contributed by atoms with Crippen LogP contribution in [0.2, 0.25) is 0 Å². The molecule has 0 saturated carbocycles. The fourth-order valence-electron chi connectivity index (χ4n) is 3.27. The van der Waals surface area contributed by atoms with Crippen LogP contribution in [0.4, 0.5) is 17.2 Å². The maximum Gasteiger partial charge on any atom is 0.330 e. The van der Waals surface area contributed by atoms with Crippen molar-refractivity contribution >= 4 is 35.1 Å². The molecule has 11 heteroatoms. The van der Waals surface area contributed by atoms with Crippen molar-refractivity contribution in [2.75, 3.05) is 49.4 Å². The second-order valence-electron chi connectivity index (χ2n) is 8.10. The van der Waals surface area contributed by atoms with Gasteiger partial charge >= 0.3 is 11.7 Å². The molecule has 0 atom stereocenters. The molecule has 1 aromatic heterocycles. The van der Waals surface area contributed by atoms with Gasteiger partial charge in [0.2, 0.25) is 5.91 Å². The second-order valence-corrected chi connectivity index (χ2v) is 8.10. The molecule has 0 aliphatic heterocycles. The summed E-state index contributed by atoms with van der Waals surface area (Å²) in [6.07, 6.45) is 2.96. The summed E-state index contributed by atoms with van der Waals surface area (Å²) in [4.78, 5) is 52.9. The number of aromatic amines is 1. The van der Waals surface area contributed by atoms with Gasteiger partial charge in [-0.05, 0) is 36.6 Å². The number of carbonyl (C=O) groups excluding carboxylic acids is 2. The number of carbonyl (C=O) groups is 2. The first kappa shape index (κ1) is 27.4. The molecule has 0 aliphatic carbocycles. The number of amides is 1. The zero-order valence-electron chi connectivity index (χ0n) is 20.5. The van der Waals surface area contributed by atoms with Gasteiger partial charge in [-0.3, -0.25) is 19.1 Å². The van der Waals surface area contributed by atoms with Crippen molar-refractivity contribution in [2.24, 2.45) is 5.92 Å². The Bertz CT molecular complexity index is 1150. The van der Waals surface area contributed by atoms with Crippen LogP contribution in [0.15, 0.2) is 39.9 Å². The van der Waals surface area contributed by atoms with Crippen molar-refractivity contribution in [1.82, 2.24) is 9.55 Å². The molecule has 11 nitrogen and oxygen atoms in total. The Morgan fingerprint density at radius 3 is 2.51 bits per heavy atom. The summed E-state index contributed by atoms with van der Waals surface area (Å²) in [5, 5.41) is 3.01. The Balaban J connectivity index is 2.21. The maximum absolute atomic E-state index is 13.1. The monoisotopic (exact) mass is 487 g/mol. The second kappa shape index (κ2) is 13.1. The number of anilines is 3. The van der Waals surface area contributed by atoms with E-state index in [9.17, 15) is 19.2 Å². The molecular formula is C24H33N5O6. The molecule has 0 saturated heterocycles. The van der Waals surface area contributed by atoms with E-state index >= 15 is 0 Å². The lowest BCUT2D eigenvalue weighted by atomic mass is 10.2. The van der Waals surface area contributed by atoms with E-state index in [1.54, 1.807) is 37.3 Å². The lowest BCUT2D eigenvalue weighted by Gasteiger charge is -2.25. The lowest BCUT2D eigenvalue weighted by Crippen LogP contribution is -2.44. The van der Waals surface area contributed by atoms with E-state index in [4.69, 9.17) is 15.2 Å². The third-order valence-electron chi connectivity index (χ3n) is 4.90. The van der Waals surface area contributed by atoms with Crippen LogP contribution in [0.1, 0.15) is 26.3 Å². The van der Waals surface area contributed by atoms with Crippen molar-refractivity contribution in [2.45, 2.75) is 27.3 Å². The van der Waals surface area contributed by atoms with Gasteiger partial charge in [-0.25, -0.2) is 9.59 Å². The number of H-pyrrole nitrogens is 1. The normalized spacial score (nSPS) is 11.1. The van der Waals surface area contributed by atoms with Crippen LogP contribution in [0, 0.1) is 5.92 Å². The molecule has 35 heavy (non-hydrogen) atoms. The van der Waals surface area contributed by atoms with E-state index in [0.29, 0.717) is 12.3 Å². The Hall–Kier alpha value is -3.86. The van der Waals surface area contributed by atoms with Gasteiger partial charge in [0.15, 0.2) is 5.69 Å². The molecule has 1 aromatic carbocycles. The van der Waals surface area contributed by atoms with Gasteiger partial charge in [0, 0.05) is 32.0 Å². The number of rotatable bonds is 12. The third-order valence-corrected chi connectivity index (χ3v) is 4.90. The Labute approximate surface area is 203 Å². The predicted molar refractivity (Wildman–Crippen MR) is 135 cm³/mol. The molecule has 2 aromatic rings. The molecule has 0 spiro atoms. The number of ether oxygens (including phenoxy) is 2. The summed E-state index contributed by atoms with van der Waals surface area (Å²) in [5.41, 5.74) is 6.17. The minimum absolute atomic E-state index is 0.0712. The first-order chi connectivity index (χ1) is 16.7. The molecule has 190 valence electrons. The first-order valence-corrected chi connectivity index (χ1v) is 11.3. The smallest absolute Gasteiger partial charge is 0.330 e. The standard InChI is InChI=1S/C24H33N5O6/c1-5-35-20(31)11-8-17-6-9-18(10-7-17)26-14-19(30)28(12-13-34-4)21-22(25)29(15-16(2)3)24(33)27-23(21)32/h6-11,16,26H,5,12-15,25H2,1-4H3,(H,27,32,33)/b11-8+. The number of nitrogens with zero attached hydrogens (tertiary/aromatic N) is 2. The SMILES string of the molecule is CCOC(=O)/C=C/c1ccc(NCC(=O)N(CCOC)c2c(N)n(CC(C)C)c(=O)[nH]c2=O)cc1. The number of aromatic nitrogens is 2. The summed E-state index contributed by atoms with van der Waals surface area (Å²) >= 11 is 0. The number of methoxy groups -OCH3 is 1. The van der Waals surface area contributed by atoms with Crippen molar-refractivity contribution in [1.29, 1.82) is 0 Å². The van der Waals surface area contributed by atoms with E-state index in [1.165, 1.54) is 22.7 Å². The van der Waals surface area contributed by atoms with Crippen LogP contribution in [-0.4, -0.2) is 54.8 Å². The molecule has 0 fully saturated rings. The number of nitrogen functional groups attached to an aromatic ring is 1. The molecule has 2 rings (SSSR count). The van der Waals surface area contributed by atoms with Crippen molar-refractivity contribution in [3.05, 3.63) is 56.7 Å². The fraction of sp³-hybridized carbons (Fsp3) is 0.417. The van der Waals surface area contributed by atoms with Gasteiger partial charge in [-0.2, -0.15) is 0 Å². The van der Waals surface area contributed by atoms with Crippen LogP contribution in [0.3, 0.4) is 0 Å². The largest absolute Gasteiger partial charge is 0.463 e. The quantitative estimate of drug-likeness (QED) is 0.301. The zero-order valence-corrected chi connectivity index (χ0v) is 20.5. The van der Waals surface area contributed by atoms with Gasteiger partial charge in [0.25, 0.3) is 5.56 Å². The molecule has 0 bridgehead atoms. The van der Waals surface area contributed by atoms with E-state index in [-0.39, 0.29) is 43.7 Å². The minimum Gasteiger partial charge on any atom is -0.463 e. The van der Waals surface area contributed by atoms with Crippen LogP contribution < -0.4 is 27.2 Å². The number of nitrogens with one attached hydrogen (secondary N) is 2. The highest BCUT2D eigenvalue weighted by atomic mass is 16.5. The van der Waals surface area contributed by atoms with Gasteiger partial charge in [-0.1, -0.05) is 26.0 Å². The highest BCUT2D eigenvalue weighted by Crippen LogP contribution is 2.18. The average molecular weight is 488 g/mol. The molecule has 0 unspecified atom stereocenters. The molecule has 0 aliphatic rings. The van der Waals surface area contributed by atoms with Crippen LogP contribution in [-0.2, 0) is 25.6 Å². The maximum atomic E-state index is 13.1. The van der Waals surface area contributed by atoms with Crippen molar-refractivity contribution < 1.29 is 19.1 Å². The summed E-state index contributed by atoms with van der Waals surface area (Å²) in [6.45, 7) is 6.24. The number of hydrogen-bond acceptors (Lipinski definition) is 8. The van der Waals surface area contributed by atoms with Gasteiger partial charge in [0.1, 0.15) is 5.82 Å². The summed E-state index contributed by atoms with van der Waals surface area (Å²) in [6, 6.07) is 7.05. The fourth-order valence-corrected chi connectivity index (χ4v) is 3.27. The lowest BCUT2D eigenvalue weighted by molar-refractivity contribution is -0.137. The van der Waals surface area contributed by atoms with Gasteiger partial charge < -0.3 is 25.4 Å². The van der Waals surface area contributed by atoms with E-state index in [0.717, 1.165) is 5.56 Å². The third kappa shape index (κ3) is 7.85. The van der Waals surface area contributed by atoms with Crippen molar-refractivity contribution in [3.8, 4) is 0 Å². The zero-order chi connectivity index (χ0) is 26.0. The van der Waals surface area contributed by atoms with Gasteiger partial charge in [-0.15, -0.1) is 0 Å². The van der Waals surface area contributed by atoms with E-state index in [1.807, 2.05) is 13.8 Å².